The number of benzene rings is 2. The van der Waals surface area contributed by atoms with Crippen LogP contribution in [0.1, 0.15) is 31.7 Å². The minimum Gasteiger partial charge on any atom is -0.505 e. The highest BCUT2D eigenvalue weighted by Gasteiger charge is 2.57. The van der Waals surface area contributed by atoms with Gasteiger partial charge in [0.25, 0.3) is 0 Å². The standard InChI is InChI=1S/C28H29BFNO7/c1-15(9-16-6-7-23(33)22(30)10-16)5-8-24-25-17(13-32)11-20-26(21(25)14-38-24)28(35)31(27(20)34)19-4-2-3-18(12-19)29(36)37/h2-4,6-7,9-10,12,20-21,24,26,32-33,36-37H,5,8,11,13-14H2,1H3/b15-9+/t20-,21+,24-,26-/m1/s1. The summed E-state index contributed by atoms with van der Waals surface area (Å²) in [7, 11) is -1.73. The van der Waals surface area contributed by atoms with Crippen molar-refractivity contribution in [2.75, 3.05) is 18.1 Å². The summed E-state index contributed by atoms with van der Waals surface area (Å²) < 4.78 is 19.8. The molecule has 2 heterocycles. The first kappa shape index (κ1) is 26.3. The number of allylic oxidation sites excluding steroid dienone is 1. The van der Waals surface area contributed by atoms with Crippen LogP contribution in [0, 0.1) is 23.6 Å². The molecule has 0 aromatic heterocycles. The minimum absolute atomic E-state index is 0.176. The number of amides is 2. The predicted octanol–water partition coefficient (Wildman–Crippen LogP) is 1.91. The van der Waals surface area contributed by atoms with Gasteiger partial charge in [0.2, 0.25) is 11.8 Å². The number of phenols is 1. The van der Waals surface area contributed by atoms with Gasteiger partial charge in [-0.2, -0.15) is 0 Å². The molecule has 38 heavy (non-hydrogen) atoms. The third-order valence-electron chi connectivity index (χ3n) is 7.81. The molecule has 8 nitrogen and oxygen atoms in total. The number of hydrogen-bond donors (Lipinski definition) is 4. The Hall–Kier alpha value is -3.31. The van der Waals surface area contributed by atoms with Crippen LogP contribution in [0.15, 0.2) is 59.2 Å². The number of aliphatic hydroxyl groups is 1. The smallest absolute Gasteiger partial charge is 0.488 e. The maximum Gasteiger partial charge on any atom is 0.488 e. The summed E-state index contributed by atoms with van der Waals surface area (Å²) >= 11 is 0. The van der Waals surface area contributed by atoms with E-state index in [1.807, 2.05) is 13.0 Å². The Morgan fingerprint density at radius 1 is 1.16 bits per heavy atom. The molecule has 2 amide bonds. The molecule has 4 atom stereocenters. The first-order valence-corrected chi connectivity index (χ1v) is 12.6. The zero-order valence-corrected chi connectivity index (χ0v) is 20.9. The zero-order valence-electron chi connectivity index (χ0n) is 20.9. The summed E-state index contributed by atoms with van der Waals surface area (Å²) in [6.45, 7) is 1.95. The van der Waals surface area contributed by atoms with Crippen LogP contribution < -0.4 is 10.4 Å². The van der Waals surface area contributed by atoms with Crippen molar-refractivity contribution in [1.29, 1.82) is 0 Å². The van der Waals surface area contributed by atoms with E-state index in [-0.39, 0.29) is 54.6 Å². The molecule has 0 radical (unpaired) electrons. The van der Waals surface area contributed by atoms with Crippen molar-refractivity contribution < 1.29 is 39.0 Å². The second kappa shape index (κ2) is 10.5. The van der Waals surface area contributed by atoms with Gasteiger partial charge in [0.15, 0.2) is 11.6 Å². The highest BCUT2D eigenvalue weighted by molar-refractivity contribution is 6.58. The summed E-state index contributed by atoms with van der Waals surface area (Å²) in [5.74, 6) is -3.36. The topological polar surface area (TPSA) is 128 Å². The van der Waals surface area contributed by atoms with E-state index >= 15 is 0 Å². The normalized spacial score (nSPS) is 25.2. The molecular formula is C28H29BFNO7. The van der Waals surface area contributed by atoms with Gasteiger partial charge >= 0.3 is 7.12 Å². The van der Waals surface area contributed by atoms with Crippen LogP contribution in [0.5, 0.6) is 5.75 Å². The quantitative estimate of drug-likeness (QED) is 0.249. The number of phenolic OH excluding ortho intramolecular Hbond substituents is 1. The zero-order chi connectivity index (χ0) is 27.1. The largest absolute Gasteiger partial charge is 0.505 e. The van der Waals surface area contributed by atoms with Gasteiger partial charge in [0.05, 0.1) is 36.8 Å². The number of halogens is 1. The molecule has 1 aliphatic carbocycles. The maximum atomic E-state index is 13.7. The van der Waals surface area contributed by atoms with Crippen LogP contribution in [-0.2, 0) is 14.3 Å². The monoisotopic (exact) mass is 521 g/mol. The Morgan fingerprint density at radius 3 is 2.66 bits per heavy atom. The van der Waals surface area contributed by atoms with Gasteiger partial charge in [-0.15, -0.1) is 0 Å². The number of fused-ring (bicyclic) bond motifs is 3. The molecule has 0 spiro atoms. The summed E-state index contributed by atoms with van der Waals surface area (Å²) in [4.78, 5) is 28.1. The van der Waals surface area contributed by atoms with Crippen molar-refractivity contribution >= 4 is 36.2 Å². The van der Waals surface area contributed by atoms with Crippen LogP contribution in [0.25, 0.3) is 6.08 Å². The Bertz CT molecular complexity index is 1340. The number of aromatic hydroxyl groups is 1. The third kappa shape index (κ3) is 4.69. The molecule has 2 aromatic carbocycles. The van der Waals surface area contributed by atoms with Gasteiger partial charge in [-0.25, -0.2) is 4.39 Å². The summed E-state index contributed by atoms with van der Waals surface area (Å²) in [6, 6.07) is 10.3. The average molecular weight is 521 g/mol. The molecule has 3 aliphatic rings. The molecule has 4 N–H and O–H groups in total. The number of ether oxygens (including phenoxy) is 1. The van der Waals surface area contributed by atoms with E-state index in [1.54, 1.807) is 18.2 Å². The van der Waals surface area contributed by atoms with Crippen molar-refractivity contribution in [2.24, 2.45) is 17.8 Å². The third-order valence-corrected chi connectivity index (χ3v) is 7.81. The molecule has 0 bridgehead atoms. The predicted molar refractivity (Wildman–Crippen MR) is 139 cm³/mol. The maximum absolute atomic E-state index is 13.7. The van der Waals surface area contributed by atoms with Crippen molar-refractivity contribution in [3.63, 3.8) is 0 Å². The molecule has 2 aromatic rings. The van der Waals surface area contributed by atoms with E-state index in [9.17, 15) is 34.2 Å². The van der Waals surface area contributed by atoms with Gasteiger partial charge < -0.3 is 25.0 Å². The van der Waals surface area contributed by atoms with E-state index in [0.717, 1.165) is 21.6 Å². The summed E-state index contributed by atoms with van der Waals surface area (Å²) in [5.41, 5.74) is 3.69. The van der Waals surface area contributed by atoms with Crippen molar-refractivity contribution in [3.8, 4) is 5.75 Å². The second-order valence-electron chi connectivity index (χ2n) is 10.2. The number of nitrogens with zero attached hydrogens (tertiary/aromatic N) is 1. The lowest BCUT2D eigenvalue weighted by Gasteiger charge is -2.31. The van der Waals surface area contributed by atoms with Gasteiger partial charge in [0.1, 0.15) is 0 Å². The number of hydrogen-bond acceptors (Lipinski definition) is 7. The van der Waals surface area contributed by atoms with Gasteiger partial charge in [-0.1, -0.05) is 29.8 Å². The van der Waals surface area contributed by atoms with E-state index < -0.39 is 30.5 Å². The molecule has 198 valence electrons. The number of anilines is 1. The molecule has 5 rings (SSSR count). The number of carbonyl (C=O) groups excluding carboxylic acids is 2. The van der Waals surface area contributed by atoms with Crippen LogP contribution in [0.4, 0.5) is 10.1 Å². The molecule has 2 fully saturated rings. The first-order valence-electron chi connectivity index (χ1n) is 12.6. The Balaban J connectivity index is 1.35. The first-order chi connectivity index (χ1) is 18.2. The fraction of sp³-hybridized carbons (Fsp3) is 0.357. The van der Waals surface area contributed by atoms with Gasteiger partial charge in [-0.05, 0) is 72.6 Å². The fourth-order valence-electron chi connectivity index (χ4n) is 6.03. The number of imide groups is 1. The molecule has 2 saturated heterocycles. The van der Waals surface area contributed by atoms with E-state index in [4.69, 9.17) is 4.74 Å². The second-order valence-corrected chi connectivity index (χ2v) is 10.2. The average Bonchev–Trinajstić information content (AvgIpc) is 3.43. The molecule has 0 unspecified atom stereocenters. The highest BCUT2D eigenvalue weighted by Crippen LogP contribution is 2.50. The number of aliphatic hydroxyl groups excluding tert-OH is 1. The molecule has 0 saturated carbocycles. The van der Waals surface area contributed by atoms with Crippen LogP contribution in [-0.4, -0.2) is 58.5 Å². The summed E-state index contributed by atoms with van der Waals surface area (Å²) in [5, 5.41) is 38.6. The van der Waals surface area contributed by atoms with E-state index in [1.165, 1.54) is 24.3 Å². The van der Waals surface area contributed by atoms with Crippen LogP contribution in [0.3, 0.4) is 0 Å². The Labute approximate surface area is 219 Å². The lowest BCUT2D eigenvalue weighted by molar-refractivity contribution is -0.122. The van der Waals surface area contributed by atoms with Crippen molar-refractivity contribution in [1.82, 2.24) is 0 Å². The molecule has 2 aliphatic heterocycles. The molecular weight excluding hydrogens is 492 g/mol. The van der Waals surface area contributed by atoms with E-state index in [2.05, 4.69) is 0 Å². The van der Waals surface area contributed by atoms with E-state index in [0.29, 0.717) is 18.4 Å². The number of rotatable bonds is 7. The van der Waals surface area contributed by atoms with Gasteiger partial charge in [-0.3, -0.25) is 14.5 Å². The lowest BCUT2D eigenvalue weighted by atomic mass is 9.69. The number of carbonyl (C=O) groups is 2. The fourth-order valence-corrected chi connectivity index (χ4v) is 6.03. The highest BCUT2D eigenvalue weighted by atomic mass is 19.1. The van der Waals surface area contributed by atoms with Crippen LogP contribution in [0.2, 0.25) is 0 Å². The minimum atomic E-state index is -1.73. The van der Waals surface area contributed by atoms with Crippen molar-refractivity contribution in [2.45, 2.75) is 32.3 Å². The summed E-state index contributed by atoms with van der Waals surface area (Å²) in [6.07, 6.45) is 3.01. The SMILES string of the molecule is C/C(=C\c1ccc(O)c(F)c1)CC[C@H]1OC[C@H]2C1=C(CO)C[C@H]1C(=O)N(c3cccc(B(O)O)c3)C(=O)[C@H]12. The molecule has 10 heteroatoms. The Kier molecular flexibility index (Phi) is 7.24. The lowest BCUT2D eigenvalue weighted by Crippen LogP contribution is -2.35. The van der Waals surface area contributed by atoms with Crippen molar-refractivity contribution in [3.05, 3.63) is 70.6 Å². The van der Waals surface area contributed by atoms with Crippen LogP contribution >= 0.6 is 0 Å². The Morgan fingerprint density at radius 2 is 1.95 bits per heavy atom. The van der Waals surface area contributed by atoms with Gasteiger partial charge in [0, 0.05) is 5.92 Å².